The zero-order valence-corrected chi connectivity index (χ0v) is 11.2. The van der Waals surface area contributed by atoms with Crippen LogP contribution >= 0.6 is 0 Å². The highest BCUT2D eigenvalue weighted by Gasteiger charge is 2.25. The van der Waals surface area contributed by atoms with E-state index in [9.17, 15) is 4.79 Å². The molecule has 1 aromatic carbocycles. The van der Waals surface area contributed by atoms with Gasteiger partial charge in [-0.3, -0.25) is 4.79 Å². The molecule has 2 rings (SSSR count). The highest BCUT2D eigenvalue weighted by atomic mass is 16.2. The lowest BCUT2D eigenvalue weighted by atomic mass is 10.1. The Morgan fingerprint density at radius 2 is 2.22 bits per heavy atom. The van der Waals surface area contributed by atoms with Gasteiger partial charge < -0.3 is 10.6 Å². The van der Waals surface area contributed by atoms with Gasteiger partial charge in [-0.2, -0.15) is 0 Å². The lowest BCUT2D eigenvalue weighted by Crippen LogP contribution is -2.38. The molecule has 1 aliphatic rings. The number of nitrogens with one attached hydrogen (secondary N) is 2. The van der Waals surface area contributed by atoms with Gasteiger partial charge in [-0.25, -0.2) is 0 Å². The fourth-order valence-electron chi connectivity index (χ4n) is 2.30. The van der Waals surface area contributed by atoms with Crippen LogP contribution in [-0.2, 0) is 11.2 Å². The number of benzene rings is 1. The molecule has 1 heterocycles. The highest BCUT2D eigenvalue weighted by molar-refractivity contribution is 5.87. The summed E-state index contributed by atoms with van der Waals surface area (Å²) >= 11 is 0. The average molecular weight is 246 g/mol. The van der Waals surface area contributed by atoms with Gasteiger partial charge in [0.25, 0.3) is 0 Å². The van der Waals surface area contributed by atoms with E-state index in [-0.39, 0.29) is 11.9 Å². The minimum Gasteiger partial charge on any atom is -0.373 e. The fourth-order valence-corrected chi connectivity index (χ4v) is 2.30. The van der Waals surface area contributed by atoms with E-state index in [1.54, 1.807) is 0 Å². The Kier molecular flexibility index (Phi) is 4.24. The van der Waals surface area contributed by atoms with Crippen molar-refractivity contribution in [1.29, 1.82) is 0 Å². The number of para-hydroxylation sites is 1. The number of hydrogen-bond donors (Lipinski definition) is 2. The molecule has 0 unspecified atom stereocenters. The van der Waals surface area contributed by atoms with Gasteiger partial charge in [0.15, 0.2) is 0 Å². The molecule has 0 fully saturated rings. The summed E-state index contributed by atoms with van der Waals surface area (Å²) in [4.78, 5) is 12.0. The van der Waals surface area contributed by atoms with Crippen molar-refractivity contribution in [3.05, 3.63) is 29.8 Å². The number of rotatable bonds is 5. The molecule has 3 nitrogen and oxygen atoms in total. The summed E-state index contributed by atoms with van der Waals surface area (Å²) in [5.41, 5.74) is 2.33. The molecule has 18 heavy (non-hydrogen) atoms. The number of amides is 1. The van der Waals surface area contributed by atoms with Crippen LogP contribution in [0.25, 0.3) is 0 Å². The van der Waals surface area contributed by atoms with E-state index in [2.05, 4.69) is 30.5 Å². The summed E-state index contributed by atoms with van der Waals surface area (Å²) in [6.45, 7) is 5.19. The monoisotopic (exact) mass is 246 g/mol. The smallest absolute Gasteiger partial charge is 0.242 e. The molecule has 98 valence electrons. The molecule has 0 bridgehead atoms. The molecule has 0 saturated carbocycles. The van der Waals surface area contributed by atoms with Crippen LogP contribution in [0.5, 0.6) is 0 Å². The summed E-state index contributed by atoms with van der Waals surface area (Å²) in [6.07, 6.45) is 3.02. The molecule has 0 radical (unpaired) electrons. The van der Waals surface area contributed by atoms with Gasteiger partial charge in [0.2, 0.25) is 5.91 Å². The third kappa shape index (κ3) is 3.25. The SMILES string of the molecule is CC(C)CCCNC(=O)[C@@H]1Cc2ccccc2N1. The third-order valence-electron chi connectivity index (χ3n) is 3.35. The normalized spacial score (nSPS) is 17.4. The van der Waals surface area contributed by atoms with Crippen molar-refractivity contribution >= 4 is 11.6 Å². The summed E-state index contributed by atoms with van der Waals surface area (Å²) < 4.78 is 0. The van der Waals surface area contributed by atoms with Crippen LogP contribution in [0.3, 0.4) is 0 Å². The maximum absolute atomic E-state index is 12.0. The van der Waals surface area contributed by atoms with Gasteiger partial charge in [0.1, 0.15) is 6.04 Å². The van der Waals surface area contributed by atoms with Gasteiger partial charge in [0.05, 0.1) is 0 Å². The van der Waals surface area contributed by atoms with Crippen LogP contribution in [0.15, 0.2) is 24.3 Å². The highest BCUT2D eigenvalue weighted by Crippen LogP contribution is 2.24. The first-order valence-corrected chi connectivity index (χ1v) is 6.79. The largest absolute Gasteiger partial charge is 0.373 e. The summed E-state index contributed by atoms with van der Waals surface area (Å²) in [5, 5.41) is 6.29. The van der Waals surface area contributed by atoms with E-state index < -0.39 is 0 Å². The van der Waals surface area contributed by atoms with Gasteiger partial charge >= 0.3 is 0 Å². The molecule has 0 spiro atoms. The molecule has 0 saturated heterocycles. The molecule has 1 amide bonds. The number of anilines is 1. The van der Waals surface area contributed by atoms with E-state index in [4.69, 9.17) is 0 Å². The molecule has 3 heteroatoms. The minimum absolute atomic E-state index is 0.0959. The minimum atomic E-state index is -0.0959. The van der Waals surface area contributed by atoms with E-state index in [0.717, 1.165) is 25.1 Å². The molecular weight excluding hydrogens is 224 g/mol. The Hall–Kier alpha value is -1.51. The Bertz CT molecular complexity index is 390. The number of hydrogen-bond acceptors (Lipinski definition) is 2. The lowest BCUT2D eigenvalue weighted by molar-refractivity contribution is -0.121. The first-order chi connectivity index (χ1) is 8.66. The van der Waals surface area contributed by atoms with Gasteiger partial charge in [-0.1, -0.05) is 32.0 Å². The molecule has 2 N–H and O–H groups in total. The van der Waals surface area contributed by atoms with Crippen molar-refractivity contribution in [2.75, 3.05) is 11.9 Å². The molecule has 1 atom stereocenters. The van der Waals surface area contributed by atoms with Gasteiger partial charge in [0, 0.05) is 18.7 Å². The molecule has 1 aromatic rings. The Morgan fingerprint density at radius 3 is 2.94 bits per heavy atom. The molecule has 0 aromatic heterocycles. The number of carbonyl (C=O) groups excluding carboxylic acids is 1. The number of fused-ring (bicyclic) bond motifs is 1. The maximum atomic E-state index is 12.0. The molecule has 0 aliphatic carbocycles. The van der Waals surface area contributed by atoms with Gasteiger partial charge in [-0.15, -0.1) is 0 Å². The first-order valence-electron chi connectivity index (χ1n) is 6.79. The number of carbonyl (C=O) groups is 1. The third-order valence-corrected chi connectivity index (χ3v) is 3.35. The van der Waals surface area contributed by atoms with Crippen molar-refractivity contribution in [3.8, 4) is 0 Å². The van der Waals surface area contributed by atoms with Crippen molar-refractivity contribution in [2.24, 2.45) is 5.92 Å². The second kappa shape index (κ2) is 5.89. The van der Waals surface area contributed by atoms with Crippen molar-refractivity contribution < 1.29 is 4.79 Å². The summed E-state index contributed by atoms with van der Waals surface area (Å²) in [5.74, 6) is 0.825. The van der Waals surface area contributed by atoms with Crippen molar-refractivity contribution in [2.45, 2.75) is 39.2 Å². The molecule has 1 aliphatic heterocycles. The Labute approximate surface area is 109 Å². The van der Waals surface area contributed by atoms with E-state index in [1.807, 2.05) is 18.2 Å². The predicted octanol–water partition coefficient (Wildman–Crippen LogP) is 2.58. The van der Waals surface area contributed by atoms with Crippen LogP contribution in [0.2, 0.25) is 0 Å². The standard InChI is InChI=1S/C15H22N2O/c1-11(2)6-5-9-16-15(18)14-10-12-7-3-4-8-13(12)17-14/h3-4,7-8,11,14,17H,5-6,9-10H2,1-2H3,(H,16,18)/t14-/m0/s1. The first kappa shape index (κ1) is 12.9. The second-order valence-corrected chi connectivity index (χ2v) is 5.39. The molecular formula is C15H22N2O. The van der Waals surface area contributed by atoms with Crippen LogP contribution in [0.1, 0.15) is 32.3 Å². The summed E-state index contributed by atoms with van der Waals surface area (Å²) in [7, 11) is 0. The van der Waals surface area contributed by atoms with E-state index in [0.29, 0.717) is 5.92 Å². The average Bonchev–Trinajstić information content (AvgIpc) is 2.78. The van der Waals surface area contributed by atoms with E-state index >= 15 is 0 Å². The maximum Gasteiger partial charge on any atom is 0.242 e. The summed E-state index contributed by atoms with van der Waals surface area (Å²) in [6, 6.07) is 8.02. The fraction of sp³-hybridized carbons (Fsp3) is 0.533. The Balaban J connectivity index is 1.76. The van der Waals surface area contributed by atoms with E-state index in [1.165, 1.54) is 12.0 Å². The second-order valence-electron chi connectivity index (χ2n) is 5.39. The van der Waals surface area contributed by atoms with Crippen LogP contribution in [-0.4, -0.2) is 18.5 Å². The quantitative estimate of drug-likeness (QED) is 0.784. The van der Waals surface area contributed by atoms with Crippen LogP contribution < -0.4 is 10.6 Å². The van der Waals surface area contributed by atoms with Crippen LogP contribution in [0, 0.1) is 5.92 Å². The van der Waals surface area contributed by atoms with Gasteiger partial charge in [-0.05, 0) is 30.4 Å². The zero-order valence-electron chi connectivity index (χ0n) is 11.2. The van der Waals surface area contributed by atoms with Crippen LogP contribution in [0.4, 0.5) is 5.69 Å². The van der Waals surface area contributed by atoms with Crippen molar-refractivity contribution in [1.82, 2.24) is 5.32 Å². The Morgan fingerprint density at radius 1 is 1.44 bits per heavy atom. The zero-order chi connectivity index (χ0) is 13.0. The lowest BCUT2D eigenvalue weighted by Gasteiger charge is -2.12. The topological polar surface area (TPSA) is 41.1 Å². The van der Waals surface area contributed by atoms with Crippen molar-refractivity contribution in [3.63, 3.8) is 0 Å². The predicted molar refractivity (Wildman–Crippen MR) is 74.6 cm³/mol.